The lowest BCUT2D eigenvalue weighted by Gasteiger charge is -2.37. The van der Waals surface area contributed by atoms with Crippen LogP contribution >= 0.6 is 0 Å². The number of unbranched alkanes of at least 4 members (excludes halogenated alkanes) is 6. The monoisotopic (exact) mass is 477 g/mol. The number of likely N-dealkylation sites (N-methyl/N-ethyl adjacent to an activating group) is 1. The van der Waals surface area contributed by atoms with E-state index in [9.17, 15) is 0 Å². The maximum Gasteiger partial charge on any atom is 0.161 e. The van der Waals surface area contributed by atoms with Gasteiger partial charge in [0.1, 0.15) is 0 Å². The van der Waals surface area contributed by atoms with Crippen LogP contribution in [0, 0.1) is 0 Å². The molecule has 31 heavy (non-hydrogen) atoms. The summed E-state index contributed by atoms with van der Waals surface area (Å²) in [5, 5.41) is 0. The lowest BCUT2D eigenvalue weighted by Crippen LogP contribution is -2.47. The van der Waals surface area contributed by atoms with E-state index in [2.05, 4.69) is 39.5 Å². The summed E-state index contributed by atoms with van der Waals surface area (Å²) in [6.07, 6.45) is 10.1. The fourth-order valence-corrected chi connectivity index (χ4v) is 5.60. The molecule has 7 heteroatoms. The maximum atomic E-state index is 6.25. The largest absolute Gasteiger partial charge is 0.427 e. The first-order chi connectivity index (χ1) is 14.8. The highest BCUT2D eigenvalue weighted by atomic mass is 28.2. The Morgan fingerprint density at radius 1 is 0.613 bits per heavy atom. The van der Waals surface area contributed by atoms with Crippen LogP contribution in [0.1, 0.15) is 86.0 Å². The van der Waals surface area contributed by atoms with Gasteiger partial charge in [0.15, 0.2) is 19.5 Å². The van der Waals surface area contributed by atoms with Gasteiger partial charge in [-0.3, -0.25) is 4.90 Å². The second kappa shape index (κ2) is 19.7. The first-order valence-corrected chi connectivity index (χ1v) is 15.9. The summed E-state index contributed by atoms with van der Waals surface area (Å²) in [7, 11) is 3.21. The first kappa shape index (κ1) is 31.2. The molecule has 0 spiro atoms. The van der Waals surface area contributed by atoms with Crippen molar-refractivity contribution in [3.05, 3.63) is 0 Å². The Hall–Kier alpha value is 0.234. The Kier molecular flexibility index (Phi) is 19.8. The average Bonchev–Trinajstić information content (AvgIpc) is 2.71. The zero-order valence-corrected chi connectivity index (χ0v) is 24.9. The molecule has 0 saturated heterocycles. The van der Waals surface area contributed by atoms with Crippen LogP contribution in [0.15, 0.2) is 0 Å². The van der Waals surface area contributed by atoms with Gasteiger partial charge in [-0.25, -0.2) is 0 Å². The lowest BCUT2D eigenvalue weighted by atomic mass is 10.1. The van der Waals surface area contributed by atoms with Crippen LogP contribution in [0.25, 0.3) is 0 Å². The smallest absolute Gasteiger partial charge is 0.161 e. The van der Waals surface area contributed by atoms with E-state index in [0.29, 0.717) is 0 Å². The third kappa shape index (κ3) is 20.6. The quantitative estimate of drug-likeness (QED) is 0.162. The standard InChI is InChI=1S/C24H55NO4Si2/c1-8-25(21-23(2,3)28-17-13-9-11-15-19-30-26-6)22-24(4,5)29-18-14-10-12-16-20-31-27-7/h8-22,30-31H2,1-7H3. The minimum atomic E-state index is -0.233. The van der Waals surface area contributed by atoms with E-state index < -0.39 is 0 Å². The van der Waals surface area contributed by atoms with E-state index in [1.165, 1.54) is 50.6 Å². The third-order valence-electron chi connectivity index (χ3n) is 5.63. The zero-order chi connectivity index (χ0) is 23.4. The van der Waals surface area contributed by atoms with E-state index in [0.717, 1.165) is 45.7 Å². The van der Waals surface area contributed by atoms with Gasteiger partial charge in [0.05, 0.1) is 11.2 Å². The molecule has 0 radical (unpaired) electrons. The summed E-state index contributed by atoms with van der Waals surface area (Å²) >= 11 is 0. The van der Waals surface area contributed by atoms with E-state index >= 15 is 0 Å². The van der Waals surface area contributed by atoms with Crippen molar-refractivity contribution in [3.8, 4) is 0 Å². The topological polar surface area (TPSA) is 40.2 Å². The first-order valence-electron chi connectivity index (χ1n) is 12.7. The summed E-state index contributed by atoms with van der Waals surface area (Å²) in [5.41, 5.74) is -0.249. The minimum absolute atomic E-state index is 0.124. The number of hydrogen-bond donors (Lipinski definition) is 0. The van der Waals surface area contributed by atoms with Gasteiger partial charge in [-0.2, -0.15) is 0 Å². The molecule has 0 N–H and O–H groups in total. The van der Waals surface area contributed by atoms with Gasteiger partial charge in [-0.05, 0) is 59.2 Å². The summed E-state index contributed by atoms with van der Waals surface area (Å²) in [4.78, 5) is 2.48. The molecule has 0 heterocycles. The Morgan fingerprint density at radius 3 is 1.35 bits per heavy atom. The maximum absolute atomic E-state index is 6.25. The number of hydrogen-bond acceptors (Lipinski definition) is 5. The van der Waals surface area contributed by atoms with Crippen LogP contribution < -0.4 is 0 Å². The fraction of sp³-hybridized carbons (Fsp3) is 1.00. The molecule has 0 aromatic rings. The van der Waals surface area contributed by atoms with Crippen LogP contribution in [0.3, 0.4) is 0 Å². The molecular formula is C24H55NO4Si2. The Bertz CT molecular complexity index is 364. The highest BCUT2D eigenvalue weighted by Crippen LogP contribution is 2.18. The highest BCUT2D eigenvalue weighted by Gasteiger charge is 2.27. The van der Waals surface area contributed by atoms with E-state index in [4.69, 9.17) is 18.3 Å². The van der Waals surface area contributed by atoms with Crippen molar-refractivity contribution in [2.24, 2.45) is 0 Å². The van der Waals surface area contributed by atoms with Crippen molar-refractivity contribution in [2.45, 2.75) is 109 Å². The predicted molar refractivity (Wildman–Crippen MR) is 140 cm³/mol. The van der Waals surface area contributed by atoms with Crippen LogP contribution in [-0.2, 0) is 18.3 Å². The van der Waals surface area contributed by atoms with E-state index in [1.54, 1.807) is 0 Å². The summed E-state index contributed by atoms with van der Waals surface area (Å²) in [6.45, 7) is 15.8. The average molecular weight is 478 g/mol. The number of rotatable bonds is 23. The Labute approximate surface area is 199 Å². The molecule has 0 saturated carbocycles. The van der Waals surface area contributed by atoms with Crippen molar-refractivity contribution in [2.75, 3.05) is 47.1 Å². The molecule has 0 fully saturated rings. The van der Waals surface area contributed by atoms with Gasteiger partial charge in [0.2, 0.25) is 0 Å². The van der Waals surface area contributed by atoms with Crippen molar-refractivity contribution in [1.29, 1.82) is 0 Å². The van der Waals surface area contributed by atoms with E-state index in [1.807, 2.05) is 14.2 Å². The normalized spacial score (nSPS) is 13.5. The summed E-state index contributed by atoms with van der Waals surface area (Å²) in [5.74, 6) is 0. The molecule has 188 valence electrons. The number of nitrogens with zero attached hydrogens (tertiary/aromatic N) is 1. The molecule has 0 aliphatic carbocycles. The van der Waals surface area contributed by atoms with Crippen molar-refractivity contribution >= 4 is 19.5 Å². The molecule has 0 aliphatic heterocycles. The number of ether oxygens (including phenoxy) is 2. The Morgan fingerprint density at radius 2 is 1.00 bits per heavy atom. The van der Waals surface area contributed by atoms with Crippen LogP contribution in [0.5, 0.6) is 0 Å². The summed E-state index contributed by atoms with van der Waals surface area (Å²) in [6, 6.07) is 2.61. The molecule has 5 nitrogen and oxygen atoms in total. The SMILES string of the molecule is CCN(CC(C)(C)OCCCCCC[SiH2]OC)CC(C)(C)OCCCCCC[SiH2]OC. The van der Waals surface area contributed by atoms with Gasteiger partial charge in [-0.1, -0.05) is 45.4 Å². The molecule has 0 aromatic carbocycles. The zero-order valence-electron chi connectivity index (χ0n) is 22.1. The fourth-order valence-electron chi connectivity index (χ4n) is 3.90. The van der Waals surface area contributed by atoms with Gasteiger partial charge >= 0.3 is 0 Å². The van der Waals surface area contributed by atoms with Gasteiger partial charge in [-0.15, -0.1) is 0 Å². The van der Waals surface area contributed by atoms with Crippen LogP contribution in [-0.4, -0.2) is 82.7 Å². The summed E-state index contributed by atoms with van der Waals surface area (Å²) < 4.78 is 23.0. The van der Waals surface area contributed by atoms with Gasteiger partial charge in [0, 0.05) is 40.5 Å². The van der Waals surface area contributed by atoms with Crippen molar-refractivity contribution in [1.82, 2.24) is 4.90 Å². The Balaban J connectivity index is 4.01. The second-order valence-electron chi connectivity index (χ2n) is 10.0. The molecule has 0 aliphatic rings. The molecular weight excluding hydrogens is 422 g/mol. The molecule has 0 aromatic heterocycles. The van der Waals surface area contributed by atoms with Crippen molar-refractivity contribution < 1.29 is 18.3 Å². The van der Waals surface area contributed by atoms with Crippen LogP contribution in [0.4, 0.5) is 0 Å². The van der Waals surface area contributed by atoms with Crippen LogP contribution in [0.2, 0.25) is 12.1 Å². The highest BCUT2D eigenvalue weighted by molar-refractivity contribution is 6.27. The second-order valence-corrected chi connectivity index (χ2v) is 13.4. The molecule has 0 bridgehead atoms. The minimum Gasteiger partial charge on any atom is -0.427 e. The predicted octanol–water partition coefficient (Wildman–Crippen LogP) is 4.32. The van der Waals surface area contributed by atoms with E-state index in [-0.39, 0.29) is 30.7 Å². The third-order valence-corrected chi connectivity index (χ3v) is 8.02. The molecule has 0 amide bonds. The molecule has 0 unspecified atom stereocenters. The lowest BCUT2D eigenvalue weighted by molar-refractivity contribution is -0.0730. The molecule has 0 rings (SSSR count). The molecule has 0 atom stereocenters. The van der Waals surface area contributed by atoms with Gasteiger partial charge < -0.3 is 18.3 Å². The van der Waals surface area contributed by atoms with Gasteiger partial charge in [0.25, 0.3) is 0 Å². The van der Waals surface area contributed by atoms with Crippen molar-refractivity contribution in [3.63, 3.8) is 0 Å².